The molecule has 2 aliphatic rings. The highest BCUT2D eigenvalue weighted by molar-refractivity contribution is 7.99. The molecule has 2 saturated heterocycles. The summed E-state index contributed by atoms with van der Waals surface area (Å²) < 4.78 is 0. The second-order valence-electron chi connectivity index (χ2n) is 7.10. The summed E-state index contributed by atoms with van der Waals surface area (Å²) in [5.74, 6) is 1.76. The minimum Gasteiger partial charge on any atom is -0.345 e. The fourth-order valence-electron chi connectivity index (χ4n) is 3.84. The number of hydrogen-bond acceptors (Lipinski definition) is 3. The molecule has 2 amide bonds. The fourth-order valence-corrected chi connectivity index (χ4v) is 4.85. The van der Waals surface area contributed by atoms with Crippen LogP contribution in [-0.2, 0) is 15.3 Å². The number of amides is 2. The monoisotopic (exact) mass is 346 g/mol. The molecule has 3 rings (SSSR count). The zero-order valence-corrected chi connectivity index (χ0v) is 15.4. The predicted octanol–water partition coefficient (Wildman–Crippen LogP) is 2.70. The maximum Gasteiger partial charge on any atom is 0.232 e. The lowest BCUT2D eigenvalue weighted by atomic mass is 9.78. The number of benzene rings is 1. The molecule has 2 aliphatic heterocycles. The topological polar surface area (TPSA) is 40.6 Å². The van der Waals surface area contributed by atoms with E-state index in [9.17, 15) is 9.59 Å². The Bertz CT molecular complexity index is 634. The summed E-state index contributed by atoms with van der Waals surface area (Å²) in [6.45, 7) is 4.29. The van der Waals surface area contributed by atoms with Crippen molar-refractivity contribution in [2.24, 2.45) is 5.41 Å². The zero-order chi connectivity index (χ0) is 17.2. The van der Waals surface area contributed by atoms with E-state index < -0.39 is 0 Å². The third-order valence-corrected chi connectivity index (χ3v) is 6.37. The van der Waals surface area contributed by atoms with Crippen molar-refractivity contribution in [3.63, 3.8) is 0 Å². The van der Waals surface area contributed by atoms with Crippen molar-refractivity contribution in [3.8, 4) is 0 Å². The summed E-state index contributed by atoms with van der Waals surface area (Å²) in [5.41, 5.74) is 2.26. The van der Waals surface area contributed by atoms with Gasteiger partial charge in [-0.15, -0.1) is 11.8 Å². The first-order valence-corrected chi connectivity index (χ1v) is 9.83. The summed E-state index contributed by atoms with van der Waals surface area (Å²) in [7, 11) is 1.88. The van der Waals surface area contributed by atoms with Gasteiger partial charge in [0.05, 0.1) is 11.2 Å². The minimum atomic E-state index is -0.302. The van der Waals surface area contributed by atoms with Crippen LogP contribution in [0.15, 0.2) is 24.3 Å². The Balaban J connectivity index is 1.52. The van der Waals surface area contributed by atoms with Crippen molar-refractivity contribution >= 4 is 23.6 Å². The van der Waals surface area contributed by atoms with Crippen LogP contribution in [0.5, 0.6) is 0 Å². The van der Waals surface area contributed by atoms with E-state index in [1.165, 1.54) is 11.1 Å². The van der Waals surface area contributed by atoms with Crippen molar-refractivity contribution in [1.82, 2.24) is 9.80 Å². The molecule has 4 nitrogen and oxygen atoms in total. The Morgan fingerprint density at radius 1 is 1.25 bits per heavy atom. The molecule has 2 heterocycles. The third-order valence-electron chi connectivity index (χ3n) is 5.40. The maximum absolute atomic E-state index is 12.5. The van der Waals surface area contributed by atoms with Crippen molar-refractivity contribution in [2.75, 3.05) is 32.4 Å². The number of hydrogen-bond donors (Lipinski definition) is 0. The zero-order valence-electron chi connectivity index (χ0n) is 14.6. The van der Waals surface area contributed by atoms with Gasteiger partial charge >= 0.3 is 0 Å². The Morgan fingerprint density at radius 2 is 2.04 bits per heavy atom. The number of likely N-dealkylation sites (tertiary alicyclic amines) is 2. The molecule has 1 spiro atoms. The average molecular weight is 346 g/mol. The molecule has 130 valence electrons. The number of thioether (sulfide) groups is 1. The molecule has 0 radical (unpaired) electrons. The molecule has 0 N–H and O–H groups in total. The summed E-state index contributed by atoms with van der Waals surface area (Å²) in [6, 6.07) is 8.30. The smallest absolute Gasteiger partial charge is 0.232 e. The Hall–Kier alpha value is -1.49. The van der Waals surface area contributed by atoms with E-state index in [-0.39, 0.29) is 17.2 Å². The molecule has 1 atom stereocenters. The molecule has 0 unspecified atom stereocenters. The van der Waals surface area contributed by atoms with Gasteiger partial charge < -0.3 is 9.80 Å². The number of aryl methyl sites for hydroxylation is 1. The van der Waals surface area contributed by atoms with Gasteiger partial charge in [0.15, 0.2) is 0 Å². The Kier molecular flexibility index (Phi) is 5.18. The molecule has 1 aromatic carbocycles. The van der Waals surface area contributed by atoms with E-state index in [0.29, 0.717) is 12.3 Å². The molecule has 0 aromatic heterocycles. The van der Waals surface area contributed by atoms with Crippen LogP contribution in [0.25, 0.3) is 0 Å². The second-order valence-corrected chi connectivity index (χ2v) is 8.08. The van der Waals surface area contributed by atoms with Gasteiger partial charge in [0, 0.05) is 32.4 Å². The van der Waals surface area contributed by atoms with Gasteiger partial charge in [-0.2, -0.15) is 0 Å². The van der Waals surface area contributed by atoms with Gasteiger partial charge in [-0.05, 0) is 37.3 Å². The summed E-state index contributed by atoms with van der Waals surface area (Å²) in [4.78, 5) is 28.8. The Labute approximate surface area is 148 Å². The maximum atomic E-state index is 12.5. The highest BCUT2D eigenvalue weighted by Crippen LogP contribution is 2.39. The molecule has 1 aromatic rings. The second kappa shape index (κ2) is 7.18. The third kappa shape index (κ3) is 3.46. The van der Waals surface area contributed by atoms with Gasteiger partial charge in [0.25, 0.3) is 0 Å². The summed E-state index contributed by atoms with van der Waals surface area (Å²) >= 11 is 1.67. The lowest BCUT2D eigenvalue weighted by Crippen LogP contribution is -2.48. The average Bonchev–Trinajstić information content (AvgIpc) is 3.00. The number of piperidine rings is 1. The van der Waals surface area contributed by atoms with E-state index in [1.54, 1.807) is 11.8 Å². The van der Waals surface area contributed by atoms with E-state index in [1.807, 2.05) is 29.0 Å². The number of rotatable bonds is 4. The lowest BCUT2D eigenvalue weighted by Gasteiger charge is -2.37. The van der Waals surface area contributed by atoms with Crippen LogP contribution in [0.3, 0.4) is 0 Å². The van der Waals surface area contributed by atoms with Gasteiger partial charge in [0.2, 0.25) is 11.8 Å². The Morgan fingerprint density at radius 3 is 2.83 bits per heavy atom. The number of carbonyl (C=O) groups is 2. The van der Waals surface area contributed by atoms with Gasteiger partial charge in [-0.3, -0.25) is 9.59 Å². The lowest BCUT2D eigenvalue weighted by molar-refractivity contribution is -0.144. The highest BCUT2D eigenvalue weighted by atomic mass is 32.2. The largest absolute Gasteiger partial charge is 0.345 e. The van der Waals surface area contributed by atoms with E-state index in [2.05, 4.69) is 19.1 Å². The number of carbonyl (C=O) groups excluding carboxylic acids is 2. The van der Waals surface area contributed by atoms with Crippen molar-refractivity contribution in [1.29, 1.82) is 0 Å². The molecule has 0 aliphatic carbocycles. The first-order valence-electron chi connectivity index (χ1n) is 8.67. The van der Waals surface area contributed by atoms with Crippen LogP contribution in [0.1, 0.15) is 30.4 Å². The van der Waals surface area contributed by atoms with Crippen LogP contribution >= 0.6 is 11.8 Å². The summed E-state index contributed by atoms with van der Waals surface area (Å²) in [5, 5.41) is 0. The van der Waals surface area contributed by atoms with E-state index in [0.717, 1.165) is 38.1 Å². The molecule has 2 fully saturated rings. The normalized spacial score (nSPS) is 24.0. The quantitative estimate of drug-likeness (QED) is 0.842. The van der Waals surface area contributed by atoms with Crippen molar-refractivity contribution in [2.45, 2.75) is 31.9 Å². The van der Waals surface area contributed by atoms with Crippen molar-refractivity contribution < 1.29 is 9.59 Å². The van der Waals surface area contributed by atoms with E-state index in [4.69, 9.17) is 0 Å². The first kappa shape index (κ1) is 17.3. The van der Waals surface area contributed by atoms with Crippen LogP contribution in [0.4, 0.5) is 0 Å². The van der Waals surface area contributed by atoms with Gasteiger partial charge in [0.1, 0.15) is 0 Å². The van der Waals surface area contributed by atoms with E-state index >= 15 is 0 Å². The van der Waals surface area contributed by atoms with Gasteiger partial charge in [-0.25, -0.2) is 0 Å². The van der Waals surface area contributed by atoms with Crippen molar-refractivity contribution in [3.05, 3.63) is 35.4 Å². The molecular weight excluding hydrogens is 320 g/mol. The predicted molar refractivity (Wildman–Crippen MR) is 97.8 cm³/mol. The molecule has 24 heavy (non-hydrogen) atoms. The fraction of sp³-hybridized carbons (Fsp3) is 0.579. The molecule has 0 saturated carbocycles. The van der Waals surface area contributed by atoms with Crippen LogP contribution in [0, 0.1) is 12.3 Å². The van der Waals surface area contributed by atoms with Crippen LogP contribution in [0.2, 0.25) is 0 Å². The van der Waals surface area contributed by atoms with Gasteiger partial charge in [-0.1, -0.05) is 24.3 Å². The highest BCUT2D eigenvalue weighted by Gasteiger charge is 2.48. The molecule has 0 bridgehead atoms. The molecular formula is C19H26N2O2S. The standard InChI is InChI=1S/C19H26N2O2S/c1-15-6-3-4-7-16(15)12-24-13-17(22)21-11-9-19(14-21)8-5-10-20(2)18(19)23/h3-4,6-7H,5,8-14H2,1-2H3/t19-/m1/s1. The first-order chi connectivity index (χ1) is 11.5. The van der Waals surface area contributed by atoms with Crippen LogP contribution < -0.4 is 0 Å². The molecule has 5 heteroatoms. The minimum absolute atomic E-state index is 0.173. The SMILES string of the molecule is Cc1ccccc1CSCC(=O)N1CC[C@]2(CCCN(C)C2=O)C1. The van der Waals surface area contributed by atoms with Crippen LogP contribution in [-0.4, -0.2) is 54.0 Å². The summed E-state index contributed by atoms with van der Waals surface area (Å²) in [6.07, 6.45) is 2.80. The number of nitrogens with zero attached hydrogens (tertiary/aromatic N) is 2.